The van der Waals surface area contributed by atoms with Gasteiger partial charge in [-0.1, -0.05) is 43.7 Å². The molecule has 0 N–H and O–H groups in total. The van der Waals surface area contributed by atoms with E-state index in [-0.39, 0.29) is 6.03 Å². The Morgan fingerprint density at radius 2 is 1.67 bits per heavy atom. The Balaban J connectivity index is 1.37. The molecule has 2 heterocycles. The lowest BCUT2D eigenvalue weighted by atomic mass is 9.94. The molecule has 0 atom stereocenters. The number of carbonyl (C=O) groups excluding carboxylic acids is 1. The molecule has 0 bridgehead atoms. The van der Waals surface area contributed by atoms with Crippen LogP contribution in [0, 0.1) is 5.92 Å². The summed E-state index contributed by atoms with van der Waals surface area (Å²) in [5.41, 5.74) is 1.21. The molecule has 2 aliphatic rings. The van der Waals surface area contributed by atoms with Crippen LogP contribution >= 0.6 is 0 Å². The monoisotopic (exact) mass is 329 g/mol. The average Bonchev–Trinajstić information content (AvgIpc) is 2.97. The van der Waals surface area contributed by atoms with Crippen LogP contribution < -0.4 is 0 Å². The van der Waals surface area contributed by atoms with Crippen LogP contribution in [0.25, 0.3) is 0 Å². The van der Waals surface area contributed by atoms with E-state index in [1.165, 1.54) is 37.9 Å². The Morgan fingerprint density at radius 3 is 2.38 bits per heavy atom. The minimum Gasteiger partial charge on any atom is -0.323 e. The van der Waals surface area contributed by atoms with E-state index >= 15 is 0 Å². The molecule has 1 aromatic carbocycles. The van der Waals surface area contributed by atoms with Gasteiger partial charge in [-0.05, 0) is 50.4 Å². The average molecular weight is 329 g/mol. The summed E-state index contributed by atoms with van der Waals surface area (Å²) in [6.07, 6.45) is 5.13. The first-order chi connectivity index (χ1) is 11.8. The summed E-state index contributed by atoms with van der Waals surface area (Å²) >= 11 is 0. The van der Waals surface area contributed by atoms with Crippen LogP contribution in [0.15, 0.2) is 30.3 Å². The zero-order chi connectivity index (χ0) is 16.8. The number of urea groups is 1. The maximum Gasteiger partial charge on any atom is 0.320 e. The van der Waals surface area contributed by atoms with Gasteiger partial charge in [0.2, 0.25) is 0 Å². The van der Waals surface area contributed by atoms with E-state index in [0.717, 1.165) is 45.1 Å². The smallest absolute Gasteiger partial charge is 0.320 e. The number of benzene rings is 1. The predicted molar refractivity (Wildman–Crippen MR) is 97.9 cm³/mol. The van der Waals surface area contributed by atoms with Crippen LogP contribution in [0.1, 0.15) is 38.2 Å². The number of hydrogen-bond acceptors (Lipinski definition) is 2. The van der Waals surface area contributed by atoms with Gasteiger partial charge in [-0.25, -0.2) is 4.79 Å². The molecule has 1 aromatic rings. The van der Waals surface area contributed by atoms with Gasteiger partial charge in [0, 0.05) is 26.2 Å². The maximum absolute atomic E-state index is 12.5. The number of carbonyl (C=O) groups is 1. The highest BCUT2D eigenvalue weighted by Crippen LogP contribution is 2.20. The van der Waals surface area contributed by atoms with Crippen molar-refractivity contribution in [3.63, 3.8) is 0 Å². The van der Waals surface area contributed by atoms with Crippen molar-refractivity contribution in [2.24, 2.45) is 5.92 Å². The van der Waals surface area contributed by atoms with E-state index in [9.17, 15) is 4.79 Å². The Hall–Kier alpha value is -1.55. The fourth-order valence-electron chi connectivity index (χ4n) is 3.89. The minimum atomic E-state index is 0.212. The summed E-state index contributed by atoms with van der Waals surface area (Å²) in [4.78, 5) is 19.1. The van der Waals surface area contributed by atoms with E-state index in [4.69, 9.17) is 0 Å². The van der Waals surface area contributed by atoms with E-state index in [0.29, 0.717) is 0 Å². The van der Waals surface area contributed by atoms with Crippen LogP contribution in [0.5, 0.6) is 0 Å². The van der Waals surface area contributed by atoms with E-state index in [2.05, 4.69) is 24.0 Å². The van der Waals surface area contributed by atoms with Crippen molar-refractivity contribution in [1.82, 2.24) is 14.7 Å². The van der Waals surface area contributed by atoms with Crippen molar-refractivity contribution in [3.8, 4) is 0 Å². The molecule has 24 heavy (non-hydrogen) atoms. The molecule has 0 aliphatic carbocycles. The summed E-state index contributed by atoms with van der Waals surface area (Å²) in [7, 11) is 0. The summed E-state index contributed by atoms with van der Waals surface area (Å²) in [6, 6.07) is 10.5. The fraction of sp³-hybridized carbons (Fsp3) is 0.650. The Morgan fingerprint density at radius 1 is 0.958 bits per heavy atom. The third-order valence-electron chi connectivity index (χ3n) is 5.58. The van der Waals surface area contributed by atoms with Gasteiger partial charge in [0.1, 0.15) is 0 Å². The van der Waals surface area contributed by atoms with Crippen LogP contribution in [0.2, 0.25) is 0 Å². The van der Waals surface area contributed by atoms with Gasteiger partial charge in [-0.2, -0.15) is 0 Å². The van der Waals surface area contributed by atoms with Crippen LogP contribution in [0.3, 0.4) is 0 Å². The molecule has 132 valence electrons. The zero-order valence-electron chi connectivity index (χ0n) is 15.0. The molecule has 2 fully saturated rings. The van der Waals surface area contributed by atoms with Crippen LogP contribution in [-0.4, -0.2) is 60.0 Å². The SMILES string of the molecule is CCC1CCN(CCCN2CCN(Cc3ccccc3)C2=O)CC1. The van der Waals surface area contributed by atoms with Crippen molar-refractivity contribution < 1.29 is 4.79 Å². The maximum atomic E-state index is 12.5. The molecule has 2 amide bonds. The molecule has 0 aromatic heterocycles. The Labute approximate surface area is 146 Å². The number of likely N-dealkylation sites (tertiary alicyclic amines) is 1. The summed E-state index contributed by atoms with van der Waals surface area (Å²) < 4.78 is 0. The van der Waals surface area contributed by atoms with Crippen LogP contribution in [-0.2, 0) is 6.54 Å². The molecule has 0 saturated carbocycles. The predicted octanol–water partition coefficient (Wildman–Crippen LogP) is 3.44. The van der Waals surface area contributed by atoms with Crippen molar-refractivity contribution in [1.29, 1.82) is 0 Å². The standard InChI is InChI=1S/C20H31N3O/c1-2-18-9-13-21(14-10-18)11-6-12-22-15-16-23(20(22)24)17-19-7-4-3-5-8-19/h3-5,7-8,18H,2,6,9-17H2,1H3. The lowest BCUT2D eigenvalue weighted by Crippen LogP contribution is -2.37. The third kappa shape index (κ3) is 4.50. The van der Waals surface area contributed by atoms with Gasteiger partial charge in [-0.15, -0.1) is 0 Å². The first kappa shape index (κ1) is 17.3. The van der Waals surface area contributed by atoms with E-state index < -0.39 is 0 Å². The summed E-state index contributed by atoms with van der Waals surface area (Å²) in [5.74, 6) is 0.938. The first-order valence-corrected chi connectivity index (χ1v) is 9.56. The van der Waals surface area contributed by atoms with Gasteiger partial charge in [0.25, 0.3) is 0 Å². The number of amides is 2. The number of hydrogen-bond donors (Lipinski definition) is 0. The molecule has 0 unspecified atom stereocenters. The molecule has 0 radical (unpaired) electrons. The lowest BCUT2D eigenvalue weighted by molar-refractivity contribution is 0.168. The first-order valence-electron chi connectivity index (χ1n) is 9.56. The van der Waals surface area contributed by atoms with Crippen molar-refractivity contribution >= 4 is 6.03 Å². The molecule has 4 heteroatoms. The molecule has 3 rings (SSSR count). The van der Waals surface area contributed by atoms with Crippen molar-refractivity contribution in [2.75, 3.05) is 39.3 Å². The number of rotatable bonds is 7. The molecular weight excluding hydrogens is 298 g/mol. The molecule has 4 nitrogen and oxygen atoms in total. The Bertz CT molecular complexity index is 511. The van der Waals surface area contributed by atoms with Gasteiger partial charge in [0.15, 0.2) is 0 Å². The molecule has 0 spiro atoms. The second-order valence-corrected chi connectivity index (χ2v) is 7.22. The molecule has 2 aliphatic heterocycles. The molecular formula is C20H31N3O. The minimum absolute atomic E-state index is 0.212. The van der Waals surface area contributed by atoms with E-state index in [1.54, 1.807) is 0 Å². The fourth-order valence-corrected chi connectivity index (χ4v) is 3.89. The molecule has 2 saturated heterocycles. The topological polar surface area (TPSA) is 26.8 Å². The van der Waals surface area contributed by atoms with Gasteiger partial charge < -0.3 is 14.7 Å². The van der Waals surface area contributed by atoms with Crippen LogP contribution in [0.4, 0.5) is 4.79 Å². The number of piperidine rings is 1. The highest BCUT2D eigenvalue weighted by Gasteiger charge is 2.28. The second kappa shape index (κ2) is 8.52. The normalized spacial score (nSPS) is 20.1. The van der Waals surface area contributed by atoms with Gasteiger partial charge in [-0.3, -0.25) is 0 Å². The Kier molecular flexibility index (Phi) is 6.13. The quantitative estimate of drug-likeness (QED) is 0.766. The van der Waals surface area contributed by atoms with Crippen molar-refractivity contribution in [3.05, 3.63) is 35.9 Å². The van der Waals surface area contributed by atoms with E-state index in [1.807, 2.05) is 28.0 Å². The highest BCUT2D eigenvalue weighted by molar-refractivity contribution is 5.76. The van der Waals surface area contributed by atoms with Gasteiger partial charge >= 0.3 is 6.03 Å². The van der Waals surface area contributed by atoms with Crippen molar-refractivity contribution in [2.45, 2.75) is 39.2 Å². The highest BCUT2D eigenvalue weighted by atomic mass is 16.2. The lowest BCUT2D eigenvalue weighted by Gasteiger charge is -2.31. The van der Waals surface area contributed by atoms with Gasteiger partial charge in [0.05, 0.1) is 0 Å². The second-order valence-electron chi connectivity index (χ2n) is 7.22. The zero-order valence-corrected chi connectivity index (χ0v) is 15.0. The largest absolute Gasteiger partial charge is 0.323 e. The third-order valence-corrected chi connectivity index (χ3v) is 5.58. The summed E-state index contributed by atoms with van der Waals surface area (Å²) in [5, 5.41) is 0. The number of nitrogens with zero attached hydrogens (tertiary/aromatic N) is 3. The summed E-state index contributed by atoms with van der Waals surface area (Å²) in [6.45, 7) is 9.30.